The molecule has 0 unspecified atom stereocenters. The average Bonchev–Trinajstić information content (AvgIpc) is 2.70. The van der Waals surface area contributed by atoms with Gasteiger partial charge < -0.3 is 14.8 Å². The summed E-state index contributed by atoms with van der Waals surface area (Å²) < 4.78 is 9.92. The third-order valence-corrected chi connectivity index (χ3v) is 4.48. The predicted octanol–water partition coefficient (Wildman–Crippen LogP) is 4.02. The van der Waals surface area contributed by atoms with Crippen LogP contribution in [0.2, 0.25) is 0 Å². The van der Waals surface area contributed by atoms with Crippen LogP contribution in [-0.2, 0) is 26.2 Å². The lowest BCUT2D eigenvalue weighted by Crippen LogP contribution is -2.21. The number of methoxy groups -OCH3 is 1. The minimum Gasteiger partial charge on any atom is -0.496 e. The molecule has 0 atom stereocenters. The van der Waals surface area contributed by atoms with Crippen molar-refractivity contribution in [3.8, 4) is 5.75 Å². The van der Waals surface area contributed by atoms with E-state index in [1.807, 2.05) is 24.3 Å². The van der Waals surface area contributed by atoms with Gasteiger partial charge in [-0.1, -0.05) is 45.0 Å². The summed E-state index contributed by atoms with van der Waals surface area (Å²) in [5.41, 5.74) is 1.95. The molecule has 30 heavy (non-hydrogen) atoms. The molecule has 160 valence electrons. The summed E-state index contributed by atoms with van der Waals surface area (Å²) in [7, 11) is 1.38. The molecule has 2 rings (SSSR count). The van der Waals surface area contributed by atoms with E-state index in [4.69, 9.17) is 9.47 Å². The van der Waals surface area contributed by atoms with Gasteiger partial charge in [-0.25, -0.2) is 0 Å². The zero-order valence-electron chi connectivity index (χ0n) is 17.6. The number of nitrogens with zero attached hydrogens (tertiary/aromatic N) is 1. The summed E-state index contributed by atoms with van der Waals surface area (Å²) >= 11 is 0. The van der Waals surface area contributed by atoms with Crippen LogP contribution in [0.25, 0.3) is 0 Å². The molecule has 0 heterocycles. The third kappa shape index (κ3) is 6.58. The number of nitrogens with one attached hydrogen (secondary N) is 1. The van der Waals surface area contributed by atoms with Crippen LogP contribution >= 0.6 is 0 Å². The summed E-state index contributed by atoms with van der Waals surface area (Å²) in [6.45, 7) is 5.87. The Morgan fingerprint density at radius 1 is 1.10 bits per heavy atom. The van der Waals surface area contributed by atoms with Crippen molar-refractivity contribution in [3.63, 3.8) is 0 Å². The smallest absolute Gasteiger partial charge is 0.306 e. The average molecular weight is 414 g/mol. The number of ether oxygens (including phenoxy) is 2. The van der Waals surface area contributed by atoms with Crippen molar-refractivity contribution in [1.82, 2.24) is 0 Å². The van der Waals surface area contributed by atoms with Gasteiger partial charge in [-0.3, -0.25) is 19.7 Å². The molecule has 0 fully saturated rings. The first-order valence-electron chi connectivity index (χ1n) is 9.47. The Morgan fingerprint density at radius 2 is 1.77 bits per heavy atom. The van der Waals surface area contributed by atoms with Gasteiger partial charge in [-0.05, 0) is 35.1 Å². The Labute approximate surface area is 175 Å². The number of aryl methyl sites for hydroxylation is 1. The third-order valence-electron chi connectivity index (χ3n) is 4.48. The van der Waals surface area contributed by atoms with E-state index >= 15 is 0 Å². The van der Waals surface area contributed by atoms with Crippen molar-refractivity contribution in [2.45, 2.75) is 39.0 Å². The molecule has 0 aliphatic heterocycles. The van der Waals surface area contributed by atoms with E-state index in [2.05, 4.69) is 26.1 Å². The summed E-state index contributed by atoms with van der Waals surface area (Å²) in [5, 5.41) is 13.5. The summed E-state index contributed by atoms with van der Waals surface area (Å²) in [5.74, 6) is -0.887. The van der Waals surface area contributed by atoms with Crippen molar-refractivity contribution < 1.29 is 24.0 Å². The molecule has 0 spiro atoms. The maximum absolute atomic E-state index is 12.0. The fourth-order valence-corrected chi connectivity index (χ4v) is 2.72. The van der Waals surface area contributed by atoms with Crippen LogP contribution in [0.4, 0.5) is 11.4 Å². The number of carbonyl (C=O) groups excluding carboxylic acids is 2. The lowest BCUT2D eigenvalue weighted by Gasteiger charge is -2.19. The first kappa shape index (κ1) is 22.9. The van der Waals surface area contributed by atoms with Gasteiger partial charge in [0.1, 0.15) is 11.4 Å². The van der Waals surface area contributed by atoms with E-state index in [9.17, 15) is 19.7 Å². The molecule has 0 radical (unpaired) electrons. The van der Waals surface area contributed by atoms with Crippen LogP contribution < -0.4 is 10.1 Å². The number of benzene rings is 2. The minimum atomic E-state index is -0.661. The number of hydrogen-bond acceptors (Lipinski definition) is 6. The number of anilines is 1. The lowest BCUT2D eigenvalue weighted by molar-refractivity contribution is -0.384. The van der Waals surface area contributed by atoms with Crippen LogP contribution in [0.3, 0.4) is 0 Å². The first-order chi connectivity index (χ1) is 14.1. The van der Waals surface area contributed by atoms with Crippen LogP contribution in [-0.4, -0.2) is 30.5 Å². The highest BCUT2D eigenvalue weighted by Crippen LogP contribution is 2.28. The number of hydrogen-bond donors (Lipinski definition) is 1. The summed E-state index contributed by atoms with van der Waals surface area (Å²) in [4.78, 5) is 34.5. The minimum absolute atomic E-state index is 0.000729. The zero-order valence-corrected chi connectivity index (χ0v) is 17.6. The molecule has 8 heteroatoms. The van der Waals surface area contributed by atoms with Gasteiger partial charge in [0.2, 0.25) is 0 Å². The van der Waals surface area contributed by atoms with E-state index < -0.39 is 23.4 Å². The van der Waals surface area contributed by atoms with Gasteiger partial charge >= 0.3 is 5.97 Å². The summed E-state index contributed by atoms with van der Waals surface area (Å²) in [6, 6.07) is 12.1. The molecule has 2 aromatic rings. The van der Waals surface area contributed by atoms with E-state index in [-0.39, 0.29) is 23.2 Å². The van der Waals surface area contributed by atoms with Crippen LogP contribution in [0.5, 0.6) is 5.75 Å². The van der Waals surface area contributed by atoms with Crippen molar-refractivity contribution >= 4 is 23.3 Å². The Bertz CT molecular complexity index is 916. The normalized spacial score (nSPS) is 10.9. The Morgan fingerprint density at radius 3 is 2.33 bits per heavy atom. The molecular formula is C22H26N2O6. The molecule has 1 N–H and O–H groups in total. The highest BCUT2D eigenvalue weighted by molar-refractivity contribution is 5.95. The van der Waals surface area contributed by atoms with Gasteiger partial charge in [-0.2, -0.15) is 0 Å². The molecule has 0 aromatic heterocycles. The molecule has 0 saturated carbocycles. The Balaban J connectivity index is 1.84. The molecular weight excluding hydrogens is 388 g/mol. The van der Waals surface area contributed by atoms with E-state index in [0.29, 0.717) is 12.2 Å². The maximum Gasteiger partial charge on any atom is 0.306 e. The second-order valence-electron chi connectivity index (χ2n) is 7.80. The maximum atomic E-state index is 12.0. The van der Waals surface area contributed by atoms with Gasteiger partial charge in [0.25, 0.3) is 11.6 Å². The fraction of sp³-hybridized carbons (Fsp3) is 0.364. The number of nitro benzene ring substituents is 1. The number of amides is 1. The molecule has 8 nitrogen and oxygen atoms in total. The molecule has 0 saturated heterocycles. The first-order valence-corrected chi connectivity index (χ1v) is 9.47. The highest BCUT2D eigenvalue weighted by atomic mass is 16.6. The Hall–Kier alpha value is -3.42. The van der Waals surface area contributed by atoms with Gasteiger partial charge in [-0.15, -0.1) is 0 Å². The number of carbonyl (C=O) groups is 2. The van der Waals surface area contributed by atoms with Crippen molar-refractivity contribution in [2.24, 2.45) is 0 Å². The monoisotopic (exact) mass is 414 g/mol. The number of esters is 1. The standard InChI is InChI=1S/C22H26N2O6/c1-22(2,3)16-8-5-15(6-9-16)7-12-21(26)30-14-20(25)23-18-11-10-17(29-4)13-19(18)24(27)28/h5-6,8-11,13H,7,12,14H2,1-4H3,(H,23,25). The largest absolute Gasteiger partial charge is 0.496 e. The topological polar surface area (TPSA) is 108 Å². The van der Waals surface area contributed by atoms with E-state index in [0.717, 1.165) is 5.56 Å². The molecule has 1 amide bonds. The molecule has 0 aliphatic rings. The van der Waals surface area contributed by atoms with Crippen molar-refractivity contribution in [2.75, 3.05) is 19.0 Å². The van der Waals surface area contributed by atoms with Crippen molar-refractivity contribution in [3.05, 3.63) is 63.7 Å². The zero-order chi connectivity index (χ0) is 22.3. The predicted molar refractivity (Wildman–Crippen MR) is 113 cm³/mol. The van der Waals surface area contributed by atoms with E-state index in [1.54, 1.807) is 0 Å². The van der Waals surface area contributed by atoms with E-state index in [1.165, 1.54) is 30.9 Å². The summed E-state index contributed by atoms with van der Waals surface area (Å²) in [6.07, 6.45) is 0.625. The van der Waals surface area contributed by atoms with Gasteiger partial charge in [0.05, 0.1) is 18.1 Å². The quantitative estimate of drug-likeness (QED) is 0.397. The Kier molecular flexibility index (Phi) is 7.52. The number of nitro groups is 1. The fourth-order valence-electron chi connectivity index (χ4n) is 2.72. The molecule has 0 bridgehead atoms. The molecule has 0 aliphatic carbocycles. The SMILES string of the molecule is COc1ccc(NC(=O)COC(=O)CCc2ccc(C(C)(C)C)cc2)c([N+](=O)[O-])c1. The van der Waals surface area contributed by atoms with Gasteiger partial charge in [0.15, 0.2) is 6.61 Å². The van der Waals surface area contributed by atoms with Crippen LogP contribution in [0.15, 0.2) is 42.5 Å². The number of rotatable bonds is 8. The van der Waals surface area contributed by atoms with Gasteiger partial charge in [0, 0.05) is 6.42 Å². The van der Waals surface area contributed by atoms with Crippen molar-refractivity contribution in [1.29, 1.82) is 0 Å². The second-order valence-corrected chi connectivity index (χ2v) is 7.80. The second kappa shape index (κ2) is 9.87. The van der Waals surface area contributed by atoms with Crippen LogP contribution in [0, 0.1) is 10.1 Å². The highest BCUT2D eigenvalue weighted by Gasteiger charge is 2.18. The van der Waals surface area contributed by atoms with Crippen LogP contribution in [0.1, 0.15) is 38.3 Å². The molecule has 2 aromatic carbocycles. The lowest BCUT2D eigenvalue weighted by atomic mass is 9.86.